The second kappa shape index (κ2) is 5.50. The number of hydrogen-bond acceptors (Lipinski definition) is 3. The van der Waals surface area contributed by atoms with E-state index in [1.165, 1.54) is 0 Å². The standard InChI is InChI=1S/C9H17NO2S/c1-8-5-10(3-4-12-6-8)9(11)7-13-2/h8H,3-7H2,1-2H3. The van der Waals surface area contributed by atoms with E-state index in [4.69, 9.17) is 4.74 Å². The molecular formula is C9H17NO2S. The third kappa shape index (κ3) is 3.56. The van der Waals surface area contributed by atoms with Crippen LogP contribution < -0.4 is 0 Å². The van der Waals surface area contributed by atoms with Crippen LogP contribution in [0.2, 0.25) is 0 Å². The van der Waals surface area contributed by atoms with Crippen molar-refractivity contribution in [1.29, 1.82) is 0 Å². The van der Waals surface area contributed by atoms with Crippen molar-refractivity contribution in [2.24, 2.45) is 5.92 Å². The number of rotatable bonds is 2. The van der Waals surface area contributed by atoms with Gasteiger partial charge >= 0.3 is 0 Å². The van der Waals surface area contributed by atoms with Gasteiger partial charge in [0.05, 0.1) is 19.0 Å². The molecule has 1 rings (SSSR count). The maximum atomic E-state index is 11.5. The number of amides is 1. The summed E-state index contributed by atoms with van der Waals surface area (Å²) in [6.07, 6.45) is 1.95. The minimum absolute atomic E-state index is 0.241. The van der Waals surface area contributed by atoms with E-state index in [1.54, 1.807) is 11.8 Å². The van der Waals surface area contributed by atoms with Gasteiger partial charge in [0.25, 0.3) is 0 Å². The van der Waals surface area contributed by atoms with Crippen molar-refractivity contribution in [3.63, 3.8) is 0 Å². The Balaban J connectivity index is 2.42. The summed E-state index contributed by atoms with van der Waals surface area (Å²) in [6, 6.07) is 0. The molecule has 1 fully saturated rings. The lowest BCUT2D eigenvalue weighted by Crippen LogP contribution is -2.36. The van der Waals surface area contributed by atoms with E-state index in [0.717, 1.165) is 19.7 Å². The van der Waals surface area contributed by atoms with Gasteiger partial charge in [-0.05, 0) is 12.2 Å². The van der Waals surface area contributed by atoms with Gasteiger partial charge in [0.2, 0.25) is 5.91 Å². The summed E-state index contributed by atoms with van der Waals surface area (Å²) in [4.78, 5) is 13.5. The Kier molecular flexibility index (Phi) is 4.59. The van der Waals surface area contributed by atoms with Gasteiger partial charge in [0, 0.05) is 13.1 Å². The maximum absolute atomic E-state index is 11.5. The molecule has 0 radical (unpaired) electrons. The number of hydrogen-bond donors (Lipinski definition) is 0. The molecule has 0 aromatic heterocycles. The fourth-order valence-electron chi connectivity index (χ4n) is 1.42. The van der Waals surface area contributed by atoms with E-state index in [0.29, 0.717) is 18.3 Å². The van der Waals surface area contributed by atoms with Gasteiger partial charge in [-0.3, -0.25) is 4.79 Å². The highest BCUT2D eigenvalue weighted by Crippen LogP contribution is 2.07. The molecule has 1 saturated heterocycles. The zero-order valence-corrected chi connectivity index (χ0v) is 9.10. The lowest BCUT2D eigenvalue weighted by atomic mass is 10.2. The second-order valence-electron chi connectivity index (χ2n) is 3.45. The lowest BCUT2D eigenvalue weighted by Gasteiger charge is -2.21. The highest BCUT2D eigenvalue weighted by molar-refractivity contribution is 7.99. The zero-order chi connectivity index (χ0) is 9.68. The Morgan fingerprint density at radius 1 is 1.69 bits per heavy atom. The number of nitrogens with zero attached hydrogens (tertiary/aromatic N) is 1. The molecule has 1 aliphatic rings. The molecule has 1 atom stereocenters. The van der Waals surface area contributed by atoms with E-state index in [-0.39, 0.29) is 5.91 Å². The van der Waals surface area contributed by atoms with Gasteiger partial charge in [-0.1, -0.05) is 6.92 Å². The molecule has 0 bridgehead atoms. The molecule has 1 aliphatic heterocycles. The van der Waals surface area contributed by atoms with Gasteiger partial charge in [-0.25, -0.2) is 0 Å². The van der Waals surface area contributed by atoms with Crippen LogP contribution in [-0.2, 0) is 9.53 Å². The summed E-state index contributed by atoms with van der Waals surface area (Å²) >= 11 is 1.58. The molecule has 0 aliphatic carbocycles. The van der Waals surface area contributed by atoms with Crippen molar-refractivity contribution in [3.8, 4) is 0 Å². The first kappa shape index (κ1) is 10.9. The van der Waals surface area contributed by atoms with Crippen LogP contribution in [-0.4, -0.2) is 49.1 Å². The molecule has 1 heterocycles. The Morgan fingerprint density at radius 3 is 3.15 bits per heavy atom. The summed E-state index contributed by atoms with van der Waals surface area (Å²) in [5.41, 5.74) is 0. The average Bonchev–Trinajstić information content (AvgIpc) is 2.30. The highest BCUT2D eigenvalue weighted by Gasteiger charge is 2.18. The predicted molar refractivity (Wildman–Crippen MR) is 54.9 cm³/mol. The number of thioether (sulfide) groups is 1. The SMILES string of the molecule is CSCC(=O)N1CCOCC(C)C1. The van der Waals surface area contributed by atoms with Gasteiger partial charge in [0.15, 0.2) is 0 Å². The van der Waals surface area contributed by atoms with Gasteiger partial charge in [0.1, 0.15) is 0 Å². The van der Waals surface area contributed by atoms with Crippen molar-refractivity contribution in [1.82, 2.24) is 4.90 Å². The van der Waals surface area contributed by atoms with E-state index in [1.807, 2.05) is 11.2 Å². The molecule has 0 N–H and O–H groups in total. The van der Waals surface area contributed by atoms with Crippen molar-refractivity contribution < 1.29 is 9.53 Å². The Morgan fingerprint density at radius 2 is 2.46 bits per heavy atom. The first-order chi connectivity index (χ1) is 6.24. The third-order valence-corrected chi connectivity index (χ3v) is 2.60. The largest absolute Gasteiger partial charge is 0.379 e. The monoisotopic (exact) mass is 203 g/mol. The van der Waals surface area contributed by atoms with Gasteiger partial charge in [-0.15, -0.1) is 0 Å². The first-order valence-electron chi connectivity index (χ1n) is 4.58. The molecule has 0 spiro atoms. The maximum Gasteiger partial charge on any atom is 0.232 e. The summed E-state index contributed by atoms with van der Waals surface area (Å²) in [5, 5.41) is 0. The topological polar surface area (TPSA) is 29.5 Å². The van der Waals surface area contributed by atoms with Crippen LogP contribution in [0.4, 0.5) is 0 Å². The van der Waals surface area contributed by atoms with Crippen LogP contribution in [0.5, 0.6) is 0 Å². The van der Waals surface area contributed by atoms with Crippen LogP contribution in [0.25, 0.3) is 0 Å². The van der Waals surface area contributed by atoms with E-state index in [9.17, 15) is 4.79 Å². The Labute approximate surface area is 83.8 Å². The molecule has 1 unspecified atom stereocenters. The molecular weight excluding hydrogens is 186 g/mol. The van der Waals surface area contributed by atoms with E-state index in [2.05, 4.69) is 6.92 Å². The molecule has 1 amide bonds. The van der Waals surface area contributed by atoms with Crippen molar-refractivity contribution in [2.75, 3.05) is 38.3 Å². The Bertz CT molecular complexity index is 175. The zero-order valence-electron chi connectivity index (χ0n) is 8.28. The van der Waals surface area contributed by atoms with Crippen LogP contribution >= 0.6 is 11.8 Å². The highest BCUT2D eigenvalue weighted by atomic mass is 32.2. The quantitative estimate of drug-likeness (QED) is 0.666. The van der Waals surface area contributed by atoms with Crippen LogP contribution in [0.1, 0.15) is 6.92 Å². The van der Waals surface area contributed by atoms with Crippen molar-refractivity contribution in [3.05, 3.63) is 0 Å². The Hall–Kier alpha value is -0.220. The lowest BCUT2D eigenvalue weighted by molar-refractivity contribution is -0.128. The predicted octanol–water partition coefficient (Wildman–Crippen LogP) is 0.844. The number of carbonyl (C=O) groups excluding carboxylic acids is 1. The van der Waals surface area contributed by atoms with Crippen LogP contribution in [0.15, 0.2) is 0 Å². The minimum atomic E-state index is 0.241. The van der Waals surface area contributed by atoms with Crippen molar-refractivity contribution in [2.45, 2.75) is 6.92 Å². The van der Waals surface area contributed by atoms with Crippen LogP contribution in [0.3, 0.4) is 0 Å². The average molecular weight is 203 g/mol. The minimum Gasteiger partial charge on any atom is -0.379 e. The number of ether oxygens (including phenoxy) is 1. The van der Waals surface area contributed by atoms with Crippen molar-refractivity contribution >= 4 is 17.7 Å². The third-order valence-electron chi connectivity index (χ3n) is 2.06. The summed E-state index contributed by atoms with van der Waals surface area (Å²) in [6.45, 7) is 5.18. The summed E-state index contributed by atoms with van der Waals surface area (Å²) in [7, 11) is 0. The molecule has 4 heteroatoms. The summed E-state index contributed by atoms with van der Waals surface area (Å²) in [5.74, 6) is 1.30. The summed E-state index contributed by atoms with van der Waals surface area (Å²) < 4.78 is 5.36. The fraction of sp³-hybridized carbons (Fsp3) is 0.889. The smallest absolute Gasteiger partial charge is 0.232 e. The van der Waals surface area contributed by atoms with Gasteiger partial charge in [-0.2, -0.15) is 11.8 Å². The van der Waals surface area contributed by atoms with Crippen LogP contribution in [0, 0.1) is 5.92 Å². The fourth-order valence-corrected chi connectivity index (χ4v) is 1.85. The molecule has 0 aromatic carbocycles. The van der Waals surface area contributed by atoms with Gasteiger partial charge < -0.3 is 9.64 Å². The molecule has 0 aromatic rings. The number of carbonyl (C=O) groups is 1. The van der Waals surface area contributed by atoms with E-state index >= 15 is 0 Å². The molecule has 3 nitrogen and oxygen atoms in total. The second-order valence-corrected chi connectivity index (χ2v) is 4.32. The molecule has 76 valence electrons. The first-order valence-corrected chi connectivity index (χ1v) is 5.98. The van der Waals surface area contributed by atoms with E-state index < -0.39 is 0 Å². The molecule has 13 heavy (non-hydrogen) atoms. The molecule has 0 saturated carbocycles. The normalized spacial score (nSPS) is 24.2.